The fraction of sp³-hybridized carbons (Fsp3) is 0.194. The van der Waals surface area contributed by atoms with Crippen molar-refractivity contribution in [3.05, 3.63) is 85.2 Å². The summed E-state index contributed by atoms with van der Waals surface area (Å²) in [4.78, 5) is 4.31. The highest BCUT2D eigenvalue weighted by Gasteiger charge is 2.28. The van der Waals surface area contributed by atoms with Crippen molar-refractivity contribution in [3.8, 4) is 0 Å². The smallest absolute Gasteiger partial charge is 0.338 e. The van der Waals surface area contributed by atoms with E-state index in [2.05, 4.69) is 110 Å². The summed E-state index contributed by atoms with van der Waals surface area (Å²) in [6.07, 6.45) is 3.60. The van der Waals surface area contributed by atoms with E-state index in [0.29, 0.717) is 0 Å². The Bertz CT molecular complexity index is 1760. The fourth-order valence-electron chi connectivity index (χ4n) is 5.22. The quantitative estimate of drug-likeness (QED) is 0.222. The molecule has 0 bridgehead atoms. The maximum absolute atomic E-state index is 6.98. The monoisotopic (exact) mass is 552 g/mol. The van der Waals surface area contributed by atoms with Gasteiger partial charge in [-0.25, -0.2) is 0 Å². The first-order chi connectivity index (χ1) is 18.1. The Labute approximate surface area is 226 Å². The minimum absolute atomic E-state index is 0.884. The molecule has 0 unspecified atom stereocenters. The van der Waals surface area contributed by atoms with E-state index in [9.17, 15) is 0 Å². The molecule has 1 N–H and O–H groups in total. The van der Waals surface area contributed by atoms with Crippen LogP contribution < -0.4 is 15.5 Å². The Morgan fingerprint density at radius 1 is 0.658 bits per heavy atom. The van der Waals surface area contributed by atoms with Gasteiger partial charge in [0.05, 0.1) is 28.0 Å². The van der Waals surface area contributed by atoms with E-state index < -0.39 is 24.3 Å². The van der Waals surface area contributed by atoms with E-state index in [1.165, 1.54) is 31.9 Å². The van der Waals surface area contributed by atoms with Gasteiger partial charge >= 0.3 is 8.16 Å². The lowest BCUT2D eigenvalue weighted by molar-refractivity contribution is 0.649. The highest BCUT2D eigenvalue weighted by atomic mass is 31.1. The van der Waals surface area contributed by atoms with Gasteiger partial charge in [0.15, 0.2) is 0 Å². The number of hydrogen-bond acceptors (Lipinski definition) is 4. The SMILES string of the molecule is C[Si](C)(C)c1cc2ccccc2c2c1op(Nc1cccnc1)oc1c([Si](C)(C)C)cc3ccccc3c12. The van der Waals surface area contributed by atoms with E-state index in [4.69, 9.17) is 8.39 Å². The van der Waals surface area contributed by atoms with Crippen LogP contribution in [0, 0.1) is 0 Å². The van der Waals surface area contributed by atoms with E-state index in [1.54, 1.807) is 6.20 Å². The number of hydrogen-bond donors (Lipinski definition) is 1. The second kappa shape index (κ2) is 9.16. The molecule has 0 aliphatic heterocycles. The topological polar surface area (TPSA) is 51.2 Å². The molecule has 4 aromatic carbocycles. The second-order valence-corrected chi connectivity index (χ2v) is 23.2. The van der Waals surface area contributed by atoms with Crippen LogP contribution in [0.25, 0.3) is 43.5 Å². The zero-order chi connectivity index (χ0) is 26.7. The van der Waals surface area contributed by atoms with E-state index in [-0.39, 0.29) is 0 Å². The van der Waals surface area contributed by atoms with Crippen LogP contribution in [0.5, 0.6) is 0 Å². The summed E-state index contributed by atoms with van der Waals surface area (Å²) in [5.41, 5.74) is 2.80. The normalized spacial score (nSPS) is 12.5. The van der Waals surface area contributed by atoms with Crippen molar-refractivity contribution in [2.45, 2.75) is 39.3 Å². The van der Waals surface area contributed by atoms with Crippen LogP contribution in [0.2, 0.25) is 39.3 Å². The molecular formula is C31H33N2O2PSi2. The minimum Gasteiger partial charge on any atom is -0.404 e. The van der Waals surface area contributed by atoms with E-state index >= 15 is 0 Å². The van der Waals surface area contributed by atoms with Crippen LogP contribution in [0.1, 0.15) is 0 Å². The molecule has 0 radical (unpaired) electrons. The maximum Gasteiger partial charge on any atom is 0.338 e. The Kier molecular flexibility index (Phi) is 6.02. The molecule has 0 aliphatic rings. The zero-order valence-corrected chi connectivity index (χ0v) is 25.7. The van der Waals surface area contributed by atoms with Gasteiger partial charge in [-0.3, -0.25) is 10.1 Å². The molecule has 6 rings (SSSR count). The molecule has 0 saturated heterocycles. The largest absolute Gasteiger partial charge is 0.404 e. The number of pyridine rings is 1. The van der Waals surface area contributed by atoms with Crippen molar-refractivity contribution in [1.82, 2.24) is 4.98 Å². The van der Waals surface area contributed by atoms with Crippen molar-refractivity contribution in [3.63, 3.8) is 0 Å². The Hall–Kier alpha value is -3.32. The molecule has 38 heavy (non-hydrogen) atoms. The van der Waals surface area contributed by atoms with Gasteiger partial charge in [-0.2, -0.15) is 0 Å². The van der Waals surface area contributed by atoms with Crippen LogP contribution in [-0.4, -0.2) is 21.1 Å². The van der Waals surface area contributed by atoms with Crippen molar-refractivity contribution >= 4 is 83.9 Å². The predicted molar refractivity (Wildman–Crippen MR) is 171 cm³/mol. The Morgan fingerprint density at radius 3 is 1.61 bits per heavy atom. The van der Waals surface area contributed by atoms with Crippen LogP contribution >= 0.6 is 8.16 Å². The second-order valence-electron chi connectivity index (χ2n) is 12.0. The number of rotatable bonds is 4. The molecule has 0 atom stereocenters. The van der Waals surface area contributed by atoms with E-state index in [0.717, 1.165) is 27.6 Å². The molecule has 0 fully saturated rings. The minimum atomic E-state index is -1.81. The van der Waals surface area contributed by atoms with Crippen molar-refractivity contribution in [1.29, 1.82) is 0 Å². The summed E-state index contributed by atoms with van der Waals surface area (Å²) < 4.78 is 14.0. The summed E-state index contributed by atoms with van der Waals surface area (Å²) in [7, 11) is -5.16. The first-order valence-electron chi connectivity index (χ1n) is 13.1. The fourth-order valence-corrected chi connectivity index (χ4v) is 9.47. The van der Waals surface area contributed by atoms with Crippen LogP contribution in [-0.2, 0) is 0 Å². The molecule has 2 aromatic heterocycles. The number of benzene rings is 4. The third-order valence-electron chi connectivity index (χ3n) is 7.10. The maximum atomic E-state index is 6.98. The first kappa shape index (κ1) is 25.0. The third kappa shape index (κ3) is 4.37. The number of fused-ring (bicyclic) bond motifs is 7. The molecule has 6 aromatic rings. The number of anilines is 1. The molecule has 2 heterocycles. The van der Waals surface area contributed by atoms with Gasteiger partial charge in [0, 0.05) is 17.0 Å². The summed E-state index contributed by atoms with van der Waals surface area (Å²) in [6, 6.07) is 26.1. The lowest BCUT2D eigenvalue weighted by Crippen LogP contribution is -2.38. The Morgan fingerprint density at radius 2 is 1.16 bits per heavy atom. The van der Waals surface area contributed by atoms with Gasteiger partial charge in [0.25, 0.3) is 0 Å². The lowest BCUT2D eigenvalue weighted by Gasteiger charge is -2.20. The number of nitrogens with one attached hydrogen (secondary N) is 1. The third-order valence-corrected chi connectivity index (χ3v) is 12.2. The zero-order valence-electron chi connectivity index (χ0n) is 22.8. The van der Waals surface area contributed by atoms with Gasteiger partial charge in [-0.05, 0) is 44.1 Å². The number of nitrogens with zero attached hydrogens (tertiary/aromatic N) is 1. The molecule has 4 nitrogen and oxygen atoms in total. The molecule has 0 saturated carbocycles. The van der Waals surface area contributed by atoms with Crippen LogP contribution in [0.4, 0.5) is 5.69 Å². The lowest BCUT2D eigenvalue weighted by atomic mass is 9.98. The van der Waals surface area contributed by atoms with Gasteiger partial charge < -0.3 is 8.39 Å². The van der Waals surface area contributed by atoms with Gasteiger partial charge in [-0.15, -0.1) is 0 Å². The molecule has 192 valence electrons. The van der Waals surface area contributed by atoms with Crippen LogP contribution in [0.3, 0.4) is 0 Å². The average molecular weight is 553 g/mol. The standard InChI is InChI=1S/C31H33N2O2PSi2/c1-37(2,3)26-18-21-12-7-9-15-24(21)28-29-25-16-10-8-13-22(25)19-27(38(4,5)6)31(29)35-36(34-30(26)28)33-23-14-11-17-32-20-23/h7-20,33H,1-6H3. The number of aromatic nitrogens is 1. The average Bonchev–Trinajstić information content (AvgIpc) is 3.04. The van der Waals surface area contributed by atoms with Crippen molar-refractivity contribution in [2.24, 2.45) is 0 Å². The highest BCUT2D eigenvalue weighted by molar-refractivity contribution is 7.39. The molecule has 0 spiro atoms. The summed E-state index contributed by atoms with van der Waals surface area (Å²) in [5.74, 6) is 0. The van der Waals surface area contributed by atoms with Crippen molar-refractivity contribution < 1.29 is 8.39 Å². The van der Waals surface area contributed by atoms with Gasteiger partial charge in [0.1, 0.15) is 11.2 Å². The van der Waals surface area contributed by atoms with Crippen LogP contribution in [0.15, 0.2) is 93.6 Å². The van der Waals surface area contributed by atoms with Gasteiger partial charge in [0.2, 0.25) is 0 Å². The van der Waals surface area contributed by atoms with E-state index in [1.807, 2.05) is 18.3 Å². The predicted octanol–water partition coefficient (Wildman–Crippen LogP) is 8.96. The first-order valence-corrected chi connectivity index (χ1v) is 21.2. The summed E-state index contributed by atoms with van der Waals surface area (Å²) in [5, 5.41) is 13.4. The molecule has 0 aliphatic carbocycles. The van der Waals surface area contributed by atoms with Crippen molar-refractivity contribution in [2.75, 3.05) is 5.09 Å². The molecular weight excluding hydrogens is 519 g/mol. The van der Waals surface area contributed by atoms with Gasteiger partial charge in [-0.1, -0.05) is 99.9 Å². The molecule has 7 heteroatoms. The Balaban J connectivity index is 1.95. The molecule has 0 amide bonds. The summed E-state index contributed by atoms with van der Waals surface area (Å²) in [6.45, 7) is 14.3. The highest BCUT2D eigenvalue weighted by Crippen LogP contribution is 2.41. The summed E-state index contributed by atoms with van der Waals surface area (Å²) >= 11 is 0.